The Bertz CT molecular complexity index is 774. The number of aryl methyl sites for hydroxylation is 2. The van der Waals surface area contributed by atoms with Crippen LogP contribution in [0.5, 0.6) is 0 Å². The number of ether oxygens (including phenoxy) is 1. The Kier molecular flexibility index (Phi) is 2.30. The van der Waals surface area contributed by atoms with E-state index in [0.29, 0.717) is 10.7 Å². The molecule has 0 amide bonds. The minimum Gasteiger partial charge on any atom is -0.465 e. The van der Waals surface area contributed by atoms with Gasteiger partial charge in [-0.3, -0.25) is 0 Å². The minimum absolute atomic E-state index is 0.343. The minimum atomic E-state index is -0.343. The van der Waals surface area contributed by atoms with Crippen molar-refractivity contribution in [2.24, 2.45) is 0 Å². The zero-order chi connectivity index (χ0) is 12.9. The first-order valence-electron chi connectivity index (χ1n) is 5.31. The second kappa shape index (κ2) is 3.74. The van der Waals surface area contributed by atoms with Crippen molar-refractivity contribution in [3.05, 3.63) is 22.6 Å². The number of methoxy groups -OCH3 is 1. The number of hydrogen-bond donors (Lipinski definition) is 0. The Morgan fingerprint density at radius 3 is 2.94 bits per heavy atom. The largest absolute Gasteiger partial charge is 0.465 e. The second-order valence-electron chi connectivity index (χ2n) is 3.90. The lowest BCUT2D eigenvalue weighted by Crippen LogP contribution is -1.99. The molecule has 3 aromatic rings. The molecule has 0 aliphatic carbocycles. The van der Waals surface area contributed by atoms with Crippen molar-refractivity contribution in [1.29, 1.82) is 0 Å². The predicted molar refractivity (Wildman–Crippen MR) is 67.0 cm³/mol. The van der Waals surface area contributed by atoms with Crippen LogP contribution in [-0.2, 0) is 4.74 Å². The summed E-state index contributed by atoms with van der Waals surface area (Å²) in [6.07, 6.45) is 1.61. The van der Waals surface area contributed by atoms with E-state index < -0.39 is 0 Å². The molecular weight excluding hydrogens is 252 g/mol. The van der Waals surface area contributed by atoms with Crippen LogP contribution in [-0.4, -0.2) is 32.7 Å². The van der Waals surface area contributed by atoms with Crippen molar-refractivity contribution in [2.45, 2.75) is 13.8 Å². The SMILES string of the molecule is COC(=O)c1sc2ncn3nc(C)nc3c2c1C. The Hall–Kier alpha value is -2.02. The quantitative estimate of drug-likeness (QED) is 0.625. The van der Waals surface area contributed by atoms with Gasteiger partial charge in [-0.2, -0.15) is 5.10 Å². The van der Waals surface area contributed by atoms with Gasteiger partial charge in [-0.05, 0) is 19.4 Å². The van der Waals surface area contributed by atoms with Gasteiger partial charge in [0.25, 0.3) is 0 Å². The highest BCUT2D eigenvalue weighted by molar-refractivity contribution is 7.20. The lowest BCUT2D eigenvalue weighted by molar-refractivity contribution is 0.0605. The van der Waals surface area contributed by atoms with Crippen LogP contribution in [0.3, 0.4) is 0 Å². The summed E-state index contributed by atoms with van der Waals surface area (Å²) in [5.74, 6) is 0.333. The van der Waals surface area contributed by atoms with Crippen molar-refractivity contribution in [3.8, 4) is 0 Å². The lowest BCUT2D eigenvalue weighted by Gasteiger charge is -1.96. The van der Waals surface area contributed by atoms with Crippen LogP contribution in [0.1, 0.15) is 21.1 Å². The summed E-state index contributed by atoms with van der Waals surface area (Å²) in [4.78, 5) is 21.7. The highest BCUT2D eigenvalue weighted by Crippen LogP contribution is 2.31. The van der Waals surface area contributed by atoms with Gasteiger partial charge >= 0.3 is 5.97 Å². The Morgan fingerprint density at radius 1 is 1.44 bits per heavy atom. The van der Waals surface area contributed by atoms with Gasteiger partial charge in [0, 0.05) is 0 Å². The molecule has 6 nitrogen and oxygen atoms in total. The normalized spacial score (nSPS) is 11.3. The van der Waals surface area contributed by atoms with E-state index in [1.165, 1.54) is 18.4 Å². The summed E-state index contributed by atoms with van der Waals surface area (Å²) < 4.78 is 6.39. The Morgan fingerprint density at radius 2 is 2.22 bits per heavy atom. The topological polar surface area (TPSA) is 69.4 Å². The van der Waals surface area contributed by atoms with Crippen LogP contribution < -0.4 is 0 Å². The van der Waals surface area contributed by atoms with Crippen LogP contribution in [0.15, 0.2) is 6.33 Å². The maximum atomic E-state index is 11.7. The average molecular weight is 262 g/mol. The van der Waals surface area contributed by atoms with Crippen LogP contribution >= 0.6 is 11.3 Å². The third-order valence-corrected chi connectivity index (χ3v) is 3.92. The maximum Gasteiger partial charge on any atom is 0.348 e. The molecule has 0 aromatic carbocycles. The van der Waals surface area contributed by atoms with Gasteiger partial charge in [-0.1, -0.05) is 0 Å². The number of esters is 1. The van der Waals surface area contributed by atoms with E-state index in [-0.39, 0.29) is 5.97 Å². The molecule has 92 valence electrons. The van der Waals surface area contributed by atoms with Gasteiger partial charge in [0.05, 0.1) is 12.5 Å². The zero-order valence-electron chi connectivity index (χ0n) is 10.1. The van der Waals surface area contributed by atoms with Gasteiger partial charge in [0.15, 0.2) is 5.65 Å². The van der Waals surface area contributed by atoms with Gasteiger partial charge < -0.3 is 4.74 Å². The molecule has 3 heterocycles. The zero-order valence-corrected chi connectivity index (χ0v) is 10.9. The highest BCUT2D eigenvalue weighted by Gasteiger charge is 2.19. The molecule has 0 atom stereocenters. The molecule has 0 N–H and O–H groups in total. The number of aromatic nitrogens is 4. The maximum absolute atomic E-state index is 11.7. The molecule has 3 rings (SSSR count). The summed E-state index contributed by atoms with van der Waals surface area (Å²) in [6.45, 7) is 3.69. The fourth-order valence-corrected chi connectivity index (χ4v) is 2.99. The molecule has 7 heteroatoms. The van der Waals surface area contributed by atoms with E-state index in [1.807, 2.05) is 13.8 Å². The van der Waals surface area contributed by atoms with Gasteiger partial charge in [-0.25, -0.2) is 19.3 Å². The standard InChI is InChI=1S/C11H10N4O2S/c1-5-7-9-13-6(2)14-15(9)4-12-10(7)18-8(5)11(16)17-3/h4H,1-3H3. The first-order valence-corrected chi connectivity index (χ1v) is 6.13. The third-order valence-electron chi connectivity index (χ3n) is 2.74. The van der Waals surface area contributed by atoms with Gasteiger partial charge in [-0.15, -0.1) is 11.3 Å². The summed E-state index contributed by atoms with van der Waals surface area (Å²) in [5.41, 5.74) is 1.56. The summed E-state index contributed by atoms with van der Waals surface area (Å²) in [5, 5.41) is 5.07. The first-order chi connectivity index (χ1) is 8.61. The molecule has 0 radical (unpaired) electrons. The van der Waals surface area contributed by atoms with Crippen LogP contribution in [0.4, 0.5) is 0 Å². The van der Waals surface area contributed by atoms with E-state index in [1.54, 1.807) is 10.8 Å². The van der Waals surface area contributed by atoms with E-state index in [9.17, 15) is 4.79 Å². The monoisotopic (exact) mass is 262 g/mol. The molecule has 3 aromatic heterocycles. The molecule has 0 spiro atoms. The number of thiophene rings is 1. The molecule has 0 aliphatic rings. The number of carbonyl (C=O) groups excluding carboxylic acids is 1. The number of fused-ring (bicyclic) bond motifs is 3. The van der Waals surface area contributed by atoms with Crippen LogP contribution in [0.25, 0.3) is 15.9 Å². The number of nitrogens with zero attached hydrogens (tertiary/aromatic N) is 4. The molecule has 0 fully saturated rings. The van der Waals surface area contributed by atoms with E-state index >= 15 is 0 Å². The fraction of sp³-hybridized carbons (Fsp3) is 0.273. The predicted octanol–water partition coefficient (Wildman–Crippen LogP) is 1.74. The van der Waals surface area contributed by atoms with Crippen molar-refractivity contribution >= 4 is 33.2 Å². The number of rotatable bonds is 1. The van der Waals surface area contributed by atoms with Gasteiger partial charge in [0.1, 0.15) is 21.9 Å². The van der Waals surface area contributed by atoms with Crippen LogP contribution in [0, 0.1) is 13.8 Å². The molecule has 0 aliphatic heterocycles. The molecule has 0 bridgehead atoms. The lowest BCUT2D eigenvalue weighted by atomic mass is 10.2. The van der Waals surface area contributed by atoms with Gasteiger partial charge in [0.2, 0.25) is 0 Å². The second-order valence-corrected chi connectivity index (χ2v) is 4.90. The smallest absolute Gasteiger partial charge is 0.348 e. The molecule has 0 saturated heterocycles. The summed E-state index contributed by atoms with van der Waals surface area (Å²) in [6, 6.07) is 0. The number of hydrogen-bond acceptors (Lipinski definition) is 6. The highest BCUT2D eigenvalue weighted by atomic mass is 32.1. The van der Waals surface area contributed by atoms with Crippen LogP contribution in [0.2, 0.25) is 0 Å². The average Bonchev–Trinajstić information content (AvgIpc) is 2.88. The fourth-order valence-electron chi connectivity index (χ4n) is 1.93. The molecule has 18 heavy (non-hydrogen) atoms. The Balaban J connectivity index is 2.43. The molecule has 0 saturated carbocycles. The Labute approximate surface area is 106 Å². The van der Waals surface area contributed by atoms with E-state index in [0.717, 1.165) is 21.4 Å². The van der Waals surface area contributed by atoms with Crippen molar-refractivity contribution < 1.29 is 9.53 Å². The third kappa shape index (κ3) is 1.40. The van der Waals surface area contributed by atoms with Crippen molar-refractivity contribution in [2.75, 3.05) is 7.11 Å². The summed E-state index contributed by atoms with van der Waals surface area (Å²) >= 11 is 1.31. The summed E-state index contributed by atoms with van der Waals surface area (Å²) in [7, 11) is 1.37. The molecular formula is C11H10N4O2S. The number of carbonyl (C=O) groups is 1. The van der Waals surface area contributed by atoms with E-state index in [4.69, 9.17) is 4.74 Å². The van der Waals surface area contributed by atoms with Crippen molar-refractivity contribution in [1.82, 2.24) is 19.6 Å². The molecule has 0 unspecified atom stereocenters. The van der Waals surface area contributed by atoms with E-state index in [2.05, 4.69) is 15.1 Å². The first kappa shape index (κ1) is 11.1. The van der Waals surface area contributed by atoms with Crippen molar-refractivity contribution in [3.63, 3.8) is 0 Å².